The fraction of sp³-hybridized carbons (Fsp3) is 0.357. The van der Waals surface area contributed by atoms with Crippen molar-refractivity contribution in [1.29, 1.82) is 0 Å². The van der Waals surface area contributed by atoms with Crippen LogP contribution in [0.4, 0.5) is 15.8 Å². The van der Waals surface area contributed by atoms with E-state index >= 15 is 0 Å². The number of rotatable bonds is 2. The summed E-state index contributed by atoms with van der Waals surface area (Å²) in [5, 5.41) is 14.7. The third kappa shape index (κ3) is 2.40. The minimum atomic E-state index is -0.595. The molecule has 0 unspecified atom stereocenters. The van der Waals surface area contributed by atoms with Crippen LogP contribution in [0.3, 0.4) is 0 Å². The molecular formula is C14H15FN4O2. The zero-order chi connectivity index (χ0) is 15.0. The summed E-state index contributed by atoms with van der Waals surface area (Å²) < 4.78 is 14.4. The lowest BCUT2D eigenvalue weighted by Gasteiger charge is -2.34. The molecule has 1 saturated heterocycles. The van der Waals surface area contributed by atoms with Crippen molar-refractivity contribution in [3.05, 3.63) is 40.3 Å². The average molecular weight is 290 g/mol. The first-order chi connectivity index (χ1) is 10.1. The highest BCUT2D eigenvalue weighted by molar-refractivity contribution is 5.97. The van der Waals surface area contributed by atoms with Crippen LogP contribution < -0.4 is 10.2 Å². The Morgan fingerprint density at radius 2 is 2.38 bits per heavy atom. The standard InChI is InChI=1S/C14H15FN4O2/c1-9-8-18(6-5-16-9)14-11(15)7-12(19(20)21)10-3-2-4-17-13(10)14/h2-4,7,9,16H,5-6,8H2,1H3/t9-/m0/s1. The van der Waals surface area contributed by atoms with Crippen molar-refractivity contribution in [3.63, 3.8) is 0 Å². The van der Waals surface area contributed by atoms with Crippen LogP contribution in [0.1, 0.15) is 6.92 Å². The van der Waals surface area contributed by atoms with Crippen LogP contribution >= 0.6 is 0 Å². The van der Waals surface area contributed by atoms with Crippen LogP contribution in [-0.2, 0) is 0 Å². The lowest BCUT2D eigenvalue weighted by atomic mass is 10.1. The molecule has 1 aliphatic rings. The second kappa shape index (κ2) is 5.25. The van der Waals surface area contributed by atoms with Gasteiger partial charge in [0, 0.05) is 31.9 Å². The van der Waals surface area contributed by atoms with Gasteiger partial charge in [-0.3, -0.25) is 15.1 Å². The van der Waals surface area contributed by atoms with Crippen LogP contribution in [0.5, 0.6) is 0 Å². The minimum absolute atomic E-state index is 0.229. The number of nitrogens with zero attached hydrogens (tertiary/aromatic N) is 3. The Morgan fingerprint density at radius 3 is 3.10 bits per heavy atom. The van der Waals surface area contributed by atoms with Gasteiger partial charge in [0.1, 0.15) is 11.2 Å². The number of fused-ring (bicyclic) bond motifs is 1. The van der Waals surface area contributed by atoms with Gasteiger partial charge in [0.05, 0.1) is 16.4 Å². The number of pyridine rings is 1. The molecular weight excluding hydrogens is 275 g/mol. The Balaban J connectivity index is 2.21. The second-order valence-corrected chi connectivity index (χ2v) is 5.18. The largest absolute Gasteiger partial charge is 0.365 e. The highest BCUT2D eigenvalue weighted by atomic mass is 19.1. The molecule has 2 aromatic rings. The average Bonchev–Trinajstić information content (AvgIpc) is 2.46. The highest BCUT2D eigenvalue weighted by Crippen LogP contribution is 2.35. The Kier molecular flexibility index (Phi) is 3.42. The third-order valence-corrected chi connectivity index (χ3v) is 3.68. The molecule has 110 valence electrons. The van der Waals surface area contributed by atoms with Crippen molar-refractivity contribution in [2.24, 2.45) is 0 Å². The van der Waals surface area contributed by atoms with Crippen molar-refractivity contribution in [2.45, 2.75) is 13.0 Å². The number of benzene rings is 1. The Morgan fingerprint density at radius 1 is 1.57 bits per heavy atom. The number of non-ortho nitro benzene ring substituents is 1. The summed E-state index contributed by atoms with van der Waals surface area (Å²) in [4.78, 5) is 16.6. The minimum Gasteiger partial charge on any atom is -0.365 e. The molecule has 1 aliphatic heterocycles. The van der Waals surface area contributed by atoms with Crippen LogP contribution in [-0.4, -0.2) is 35.6 Å². The van der Waals surface area contributed by atoms with Crippen molar-refractivity contribution in [3.8, 4) is 0 Å². The van der Waals surface area contributed by atoms with Crippen LogP contribution in [0.25, 0.3) is 10.9 Å². The topological polar surface area (TPSA) is 71.3 Å². The summed E-state index contributed by atoms with van der Waals surface area (Å²) in [5.74, 6) is -0.595. The summed E-state index contributed by atoms with van der Waals surface area (Å²) in [5.41, 5.74) is 0.449. The fourth-order valence-corrected chi connectivity index (χ4v) is 2.77. The van der Waals surface area contributed by atoms with Crippen molar-refractivity contribution < 1.29 is 9.31 Å². The molecule has 0 bridgehead atoms. The van der Waals surface area contributed by atoms with Gasteiger partial charge in [-0.15, -0.1) is 0 Å². The Bertz CT molecular complexity index is 707. The van der Waals surface area contributed by atoms with E-state index in [0.29, 0.717) is 29.7 Å². The van der Waals surface area contributed by atoms with E-state index in [9.17, 15) is 14.5 Å². The summed E-state index contributed by atoms with van der Waals surface area (Å²) in [6, 6.07) is 4.45. The maximum absolute atomic E-state index is 14.4. The van der Waals surface area contributed by atoms with E-state index in [1.807, 2.05) is 11.8 Å². The summed E-state index contributed by atoms with van der Waals surface area (Å²) >= 11 is 0. The zero-order valence-corrected chi connectivity index (χ0v) is 11.5. The number of halogens is 1. The first-order valence-corrected chi connectivity index (χ1v) is 6.78. The summed E-state index contributed by atoms with van der Waals surface area (Å²) in [6.07, 6.45) is 1.53. The molecule has 3 rings (SSSR count). The lowest BCUT2D eigenvalue weighted by Crippen LogP contribution is -2.49. The molecule has 0 spiro atoms. The van der Waals surface area contributed by atoms with Gasteiger partial charge in [0.2, 0.25) is 0 Å². The van der Waals surface area contributed by atoms with Crippen LogP contribution in [0.2, 0.25) is 0 Å². The molecule has 1 N–H and O–H groups in total. The molecule has 2 heterocycles. The van der Waals surface area contributed by atoms with E-state index < -0.39 is 10.7 Å². The highest BCUT2D eigenvalue weighted by Gasteiger charge is 2.25. The van der Waals surface area contributed by atoms with Gasteiger partial charge in [-0.1, -0.05) is 0 Å². The van der Waals surface area contributed by atoms with Gasteiger partial charge in [0.25, 0.3) is 5.69 Å². The number of hydrogen-bond acceptors (Lipinski definition) is 5. The van der Waals surface area contributed by atoms with Gasteiger partial charge >= 0.3 is 0 Å². The smallest absolute Gasteiger partial charge is 0.281 e. The predicted octanol–water partition coefficient (Wildman–Crippen LogP) is 2.08. The van der Waals surface area contributed by atoms with Gasteiger partial charge < -0.3 is 10.2 Å². The lowest BCUT2D eigenvalue weighted by molar-refractivity contribution is -0.383. The van der Waals surface area contributed by atoms with Crippen molar-refractivity contribution in [1.82, 2.24) is 10.3 Å². The Hall–Kier alpha value is -2.28. The molecule has 21 heavy (non-hydrogen) atoms. The first kappa shape index (κ1) is 13.7. The number of nitro benzene ring substituents is 1. The summed E-state index contributed by atoms with van der Waals surface area (Å²) in [7, 11) is 0. The molecule has 0 radical (unpaired) electrons. The SMILES string of the molecule is C[C@H]1CN(c2c(F)cc([N+](=O)[O-])c3cccnc23)CCN1. The predicted molar refractivity (Wildman–Crippen MR) is 78.0 cm³/mol. The quantitative estimate of drug-likeness (QED) is 0.677. The molecule has 0 amide bonds. The second-order valence-electron chi connectivity index (χ2n) is 5.18. The molecule has 0 saturated carbocycles. The van der Waals surface area contributed by atoms with E-state index in [0.717, 1.165) is 12.6 Å². The molecule has 1 fully saturated rings. The maximum atomic E-state index is 14.4. The van der Waals surface area contributed by atoms with E-state index in [2.05, 4.69) is 10.3 Å². The molecule has 0 aliphatic carbocycles. The molecule has 1 aromatic carbocycles. The van der Waals surface area contributed by atoms with E-state index in [1.54, 1.807) is 12.1 Å². The molecule has 7 heteroatoms. The maximum Gasteiger partial charge on any atom is 0.281 e. The van der Waals surface area contributed by atoms with E-state index in [-0.39, 0.29) is 11.7 Å². The fourth-order valence-electron chi connectivity index (χ4n) is 2.77. The van der Waals surface area contributed by atoms with Gasteiger partial charge in [0.15, 0.2) is 5.82 Å². The van der Waals surface area contributed by atoms with Gasteiger partial charge in [-0.05, 0) is 19.1 Å². The zero-order valence-electron chi connectivity index (χ0n) is 11.5. The van der Waals surface area contributed by atoms with Crippen LogP contribution in [0, 0.1) is 15.9 Å². The first-order valence-electron chi connectivity index (χ1n) is 6.78. The molecule has 1 aromatic heterocycles. The molecule has 6 nitrogen and oxygen atoms in total. The number of nitrogens with one attached hydrogen (secondary N) is 1. The third-order valence-electron chi connectivity index (χ3n) is 3.68. The normalized spacial score (nSPS) is 19.0. The number of piperazine rings is 1. The monoisotopic (exact) mass is 290 g/mol. The Labute approximate surface area is 120 Å². The van der Waals surface area contributed by atoms with Crippen molar-refractivity contribution >= 4 is 22.3 Å². The number of nitro groups is 1. The van der Waals surface area contributed by atoms with Gasteiger partial charge in [-0.25, -0.2) is 4.39 Å². The van der Waals surface area contributed by atoms with E-state index in [4.69, 9.17) is 0 Å². The van der Waals surface area contributed by atoms with Gasteiger partial charge in [-0.2, -0.15) is 0 Å². The number of aromatic nitrogens is 1. The van der Waals surface area contributed by atoms with Crippen molar-refractivity contribution in [2.75, 3.05) is 24.5 Å². The van der Waals surface area contributed by atoms with E-state index in [1.165, 1.54) is 6.20 Å². The molecule has 1 atom stereocenters. The number of hydrogen-bond donors (Lipinski definition) is 1. The number of anilines is 1. The van der Waals surface area contributed by atoms with Crippen LogP contribution in [0.15, 0.2) is 24.4 Å². The summed E-state index contributed by atoms with van der Waals surface area (Å²) in [6.45, 7) is 4.04.